The molecule has 21 heavy (non-hydrogen) atoms. The van der Waals surface area contributed by atoms with Crippen molar-refractivity contribution in [1.82, 2.24) is 5.32 Å². The lowest BCUT2D eigenvalue weighted by molar-refractivity contribution is -0.137. The van der Waals surface area contributed by atoms with Crippen molar-refractivity contribution in [3.05, 3.63) is 29.8 Å². The van der Waals surface area contributed by atoms with E-state index in [-0.39, 0.29) is 0 Å². The zero-order valence-corrected chi connectivity index (χ0v) is 12.2. The number of hydrogen-bond donors (Lipinski definition) is 2. The molecule has 2 N–H and O–H groups in total. The first-order chi connectivity index (χ1) is 9.91. The van der Waals surface area contributed by atoms with E-state index in [2.05, 4.69) is 10.6 Å². The van der Waals surface area contributed by atoms with Crippen molar-refractivity contribution in [1.29, 1.82) is 0 Å². The number of hydrogen-bond acceptors (Lipinski definition) is 1. The number of nitrogens with one attached hydrogen (secondary N) is 2. The second-order valence-corrected chi connectivity index (χ2v) is 6.37. The van der Waals surface area contributed by atoms with E-state index in [0.29, 0.717) is 22.8 Å². The van der Waals surface area contributed by atoms with E-state index in [1.165, 1.54) is 25.3 Å². The van der Waals surface area contributed by atoms with E-state index < -0.39 is 11.7 Å². The van der Waals surface area contributed by atoms with E-state index in [1.807, 2.05) is 0 Å². The number of rotatable bonds is 2. The molecule has 0 aliphatic heterocycles. The molecule has 0 saturated heterocycles. The minimum absolute atomic E-state index is 0.366. The molecule has 3 atom stereocenters. The second kappa shape index (κ2) is 5.48. The monoisotopic (exact) mass is 314 g/mol. The summed E-state index contributed by atoms with van der Waals surface area (Å²) >= 11 is 5.22. The Morgan fingerprint density at radius 3 is 2.62 bits per heavy atom. The van der Waals surface area contributed by atoms with Crippen LogP contribution < -0.4 is 10.6 Å². The lowest BCUT2D eigenvalue weighted by atomic mass is 9.96. The number of thiocarbonyl (C=S) groups is 1. The fourth-order valence-electron chi connectivity index (χ4n) is 3.53. The van der Waals surface area contributed by atoms with Crippen molar-refractivity contribution in [2.24, 2.45) is 11.8 Å². The molecule has 6 heteroatoms. The zero-order valence-electron chi connectivity index (χ0n) is 11.4. The topological polar surface area (TPSA) is 24.1 Å². The minimum Gasteiger partial charge on any atom is -0.359 e. The first-order valence-corrected chi connectivity index (χ1v) is 7.57. The lowest BCUT2D eigenvalue weighted by Crippen LogP contribution is -2.40. The molecule has 2 aliphatic rings. The van der Waals surface area contributed by atoms with E-state index in [4.69, 9.17) is 12.2 Å². The van der Waals surface area contributed by atoms with Crippen molar-refractivity contribution in [3.63, 3.8) is 0 Å². The van der Waals surface area contributed by atoms with Gasteiger partial charge >= 0.3 is 6.18 Å². The van der Waals surface area contributed by atoms with Crippen LogP contribution in [-0.2, 0) is 6.18 Å². The van der Waals surface area contributed by atoms with Crippen LogP contribution in [0.25, 0.3) is 0 Å². The molecular formula is C15H17F3N2S. The molecule has 114 valence electrons. The van der Waals surface area contributed by atoms with Crippen LogP contribution in [0.1, 0.15) is 31.2 Å². The summed E-state index contributed by atoms with van der Waals surface area (Å²) in [5.41, 5.74) is -0.305. The molecule has 2 aliphatic carbocycles. The molecule has 0 spiro atoms. The maximum absolute atomic E-state index is 12.7. The third kappa shape index (κ3) is 3.31. The van der Waals surface area contributed by atoms with Crippen molar-refractivity contribution in [2.75, 3.05) is 5.32 Å². The summed E-state index contributed by atoms with van der Waals surface area (Å²) in [5.74, 6) is 1.46. The van der Waals surface area contributed by atoms with Crippen molar-refractivity contribution >= 4 is 23.0 Å². The average Bonchev–Trinajstić information content (AvgIpc) is 3.00. The van der Waals surface area contributed by atoms with Gasteiger partial charge in [0.25, 0.3) is 0 Å². The van der Waals surface area contributed by atoms with Crippen molar-refractivity contribution < 1.29 is 13.2 Å². The average molecular weight is 314 g/mol. The molecule has 0 amide bonds. The third-order valence-corrected chi connectivity index (χ3v) is 4.72. The van der Waals surface area contributed by atoms with Crippen LogP contribution in [0.5, 0.6) is 0 Å². The molecule has 2 nitrogen and oxygen atoms in total. The maximum Gasteiger partial charge on any atom is 0.416 e. The van der Waals surface area contributed by atoms with Gasteiger partial charge in [0, 0.05) is 11.7 Å². The van der Waals surface area contributed by atoms with Gasteiger partial charge in [0.05, 0.1) is 5.56 Å². The summed E-state index contributed by atoms with van der Waals surface area (Å²) in [6.45, 7) is 0. The van der Waals surface area contributed by atoms with Crippen LogP contribution in [0.3, 0.4) is 0 Å². The molecule has 0 heterocycles. The highest BCUT2D eigenvalue weighted by molar-refractivity contribution is 7.80. The summed E-state index contributed by atoms with van der Waals surface area (Å²) in [6, 6.07) is 5.47. The maximum atomic E-state index is 12.7. The SMILES string of the molecule is FC(F)(F)c1cccc(NC(=S)N[C@@H]2C[C@H]3CC[C@@H]2C3)c1. The number of alkyl halides is 3. The summed E-state index contributed by atoms with van der Waals surface area (Å²) in [5, 5.41) is 6.53. The Morgan fingerprint density at radius 1 is 1.19 bits per heavy atom. The predicted molar refractivity (Wildman–Crippen MR) is 80.0 cm³/mol. The number of fused-ring (bicyclic) bond motifs is 2. The van der Waals surface area contributed by atoms with Crippen LogP contribution in [0, 0.1) is 11.8 Å². The van der Waals surface area contributed by atoms with Gasteiger partial charge in [-0.05, 0) is 61.5 Å². The van der Waals surface area contributed by atoms with Gasteiger partial charge in [0.15, 0.2) is 5.11 Å². The standard InChI is InChI=1S/C15H17F3N2S/c16-15(17,18)11-2-1-3-12(8-11)19-14(21)20-13-7-9-4-5-10(13)6-9/h1-3,8-10,13H,4-7H2,(H2,19,20,21)/t9-,10+,13+/m0/s1. The lowest BCUT2D eigenvalue weighted by Gasteiger charge is -2.24. The van der Waals surface area contributed by atoms with Gasteiger partial charge in [0.2, 0.25) is 0 Å². The van der Waals surface area contributed by atoms with Crippen LogP contribution in [-0.4, -0.2) is 11.2 Å². The Kier molecular flexibility index (Phi) is 3.82. The van der Waals surface area contributed by atoms with Gasteiger partial charge in [0.1, 0.15) is 0 Å². The first kappa shape index (κ1) is 14.6. The highest BCUT2D eigenvalue weighted by Gasteiger charge is 2.39. The van der Waals surface area contributed by atoms with Crippen LogP contribution in [0.2, 0.25) is 0 Å². The molecule has 0 aromatic heterocycles. The summed E-state index contributed by atoms with van der Waals surface area (Å²) in [7, 11) is 0. The van der Waals surface area contributed by atoms with Gasteiger partial charge in [-0.15, -0.1) is 0 Å². The number of anilines is 1. The van der Waals surface area contributed by atoms with Crippen molar-refractivity contribution in [3.8, 4) is 0 Å². The van der Waals surface area contributed by atoms with E-state index >= 15 is 0 Å². The first-order valence-electron chi connectivity index (χ1n) is 7.16. The van der Waals surface area contributed by atoms with Crippen LogP contribution in [0.15, 0.2) is 24.3 Å². The van der Waals surface area contributed by atoms with Gasteiger partial charge in [-0.1, -0.05) is 12.5 Å². The number of benzene rings is 1. The Hall–Kier alpha value is -1.30. The Morgan fingerprint density at radius 2 is 2.00 bits per heavy atom. The number of halogens is 3. The van der Waals surface area contributed by atoms with Crippen LogP contribution in [0.4, 0.5) is 18.9 Å². The molecule has 2 fully saturated rings. The van der Waals surface area contributed by atoms with Gasteiger partial charge in [-0.2, -0.15) is 13.2 Å². The molecule has 0 radical (unpaired) electrons. The van der Waals surface area contributed by atoms with Gasteiger partial charge in [-0.3, -0.25) is 0 Å². The Labute approximate surface area is 127 Å². The quantitative estimate of drug-likeness (QED) is 0.801. The fourth-order valence-corrected chi connectivity index (χ4v) is 3.80. The van der Waals surface area contributed by atoms with Gasteiger partial charge in [-0.25, -0.2) is 0 Å². The third-order valence-electron chi connectivity index (χ3n) is 4.50. The highest BCUT2D eigenvalue weighted by Crippen LogP contribution is 2.44. The summed E-state index contributed by atoms with van der Waals surface area (Å²) in [6.07, 6.45) is 0.571. The molecule has 0 unspecified atom stereocenters. The fraction of sp³-hybridized carbons (Fsp3) is 0.533. The largest absolute Gasteiger partial charge is 0.416 e. The highest BCUT2D eigenvalue weighted by atomic mass is 32.1. The summed E-state index contributed by atoms with van der Waals surface area (Å²) in [4.78, 5) is 0. The second-order valence-electron chi connectivity index (χ2n) is 5.96. The van der Waals surface area contributed by atoms with E-state index in [0.717, 1.165) is 24.5 Å². The summed E-state index contributed by atoms with van der Waals surface area (Å²) < 4.78 is 38.0. The molecule has 1 aromatic carbocycles. The van der Waals surface area contributed by atoms with E-state index in [1.54, 1.807) is 6.07 Å². The molecule has 3 rings (SSSR count). The van der Waals surface area contributed by atoms with Gasteiger partial charge < -0.3 is 10.6 Å². The Bertz CT molecular complexity index is 544. The molecule has 2 saturated carbocycles. The Balaban J connectivity index is 1.60. The molecule has 1 aromatic rings. The smallest absolute Gasteiger partial charge is 0.359 e. The normalized spacial score (nSPS) is 27.7. The molecular weight excluding hydrogens is 297 g/mol. The zero-order chi connectivity index (χ0) is 15.0. The predicted octanol–water partition coefficient (Wildman–Crippen LogP) is 4.18. The van der Waals surface area contributed by atoms with Crippen molar-refractivity contribution in [2.45, 2.75) is 37.9 Å². The minimum atomic E-state index is -4.34. The molecule has 2 bridgehead atoms. The van der Waals surface area contributed by atoms with Crippen LogP contribution >= 0.6 is 12.2 Å². The van der Waals surface area contributed by atoms with E-state index in [9.17, 15) is 13.2 Å².